The summed E-state index contributed by atoms with van der Waals surface area (Å²) in [6.07, 6.45) is 4.88. The predicted octanol–water partition coefficient (Wildman–Crippen LogP) is 1.94. The first-order valence-corrected chi connectivity index (χ1v) is 8.26. The quantitative estimate of drug-likeness (QED) is 0.614. The molecule has 0 aromatic carbocycles. The lowest BCUT2D eigenvalue weighted by molar-refractivity contribution is -0.138. The summed E-state index contributed by atoms with van der Waals surface area (Å²) in [6, 6.07) is 0. The zero-order valence-electron chi connectivity index (χ0n) is 11.9. The number of nitrogens with zero attached hydrogens (tertiary/aromatic N) is 3. The molecular formula is C14H16ClN3O3S. The van der Waals surface area contributed by atoms with E-state index in [4.69, 9.17) is 21.1 Å². The van der Waals surface area contributed by atoms with Gasteiger partial charge in [0.1, 0.15) is 6.61 Å². The van der Waals surface area contributed by atoms with Crippen LogP contribution in [0.3, 0.4) is 0 Å². The number of imidazole rings is 1. The topological polar surface area (TPSA) is 56.1 Å². The van der Waals surface area contributed by atoms with Gasteiger partial charge in [-0.3, -0.25) is 9.30 Å². The van der Waals surface area contributed by atoms with Gasteiger partial charge in [0.05, 0.1) is 18.9 Å². The Morgan fingerprint density at radius 2 is 2.32 bits per heavy atom. The van der Waals surface area contributed by atoms with Gasteiger partial charge in [-0.1, -0.05) is 11.6 Å². The van der Waals surface area contributed by atoms with E-state index in [2.05, 4.69) is 9.88 Å². The van der Waals surface area contributed by atoms with Gasteiger partial charge in [0.25, 0.3) is 0 Å². The third-order valence-electron chi connectivity index (χ3n) is 3.39. The summed E-state index contributed by atoms with van der Waals surface area (Å²) in [5, 5.41) is 2.29. The normalized spacial score (nSPS) is 16.6. The minimum absolute atomic E-state index is 0.372. The lowest BCUT2D eigenvalue weighted by atomic mass is 10.4. The van der Waals surface area contributed by atoms with Crippen molar-refractivity contribution in [2.24, 2.45) is 0 Å². The second-order valence-electron chi connectivity index (χ2n) is 4.80. The van der Waals surface area contributed by atoms with E-state index in [0.29, 0.717) is 17.5 Å². The highest BCUT2D eigenvalue weighted by molar-refractivity contribution is 7.15. The first kappa shape index (κ1) is 15.5. The number of carbonyl (C=O) groups excluding carboxylic acids is 1. The van der Waals surface area contributed by atoms with Gasteiger partial charge in [0.15, 0.2) is 10.1 Å². The van der Waals surface area contributed by atoms with Crippen molar-refractivity contribution in [3.63, 3.8) is 0 Å². The molecule has 0 N–H and O–H groups in total. The monoisotopic (exact) mass is 341 g/mol. The Balaban J connectivity index is 1.50. The minimum atomic E-state index is -0.380. The number of esters is 1. The zero-order valence-corrected chi connectivity index (χ0v) is 13.5. The molecule has 3 heterocycles. The number of rotatable bonds is 5. The van der Waals surface area contributed by atoms with Gasteiger partial charge in [-0.25, -0.2) is 9.78 Å². The summed E-state index contributed by atoms with van der Waals surface area (Å²) >= 11 is 7.54. The molecule has 8 heteroatoms. The van der Waals surface area contributed by atoms with E-state index in [1.54, 1.807) is 6.08 Å². The minimum Gasteiger partial charge on any atom is -0.461 e. The largest absolute Gasteiger partial charge is 0.461 e. The van der Waals surface area contributed by atoms with Crippen LogP contribution in [0.2, 0.25) is 5.15 Å². The van der Waals surface area contributed by atoms with E-state index in [1.165, 1.54) is 17.4 Å². The number of hydrogen-bond acceptors (Lipinski definition) is 6. The van der Waals surface area contributed by atoms with E-state index in [-0.39, 0.29) is 5.97 Å². The third kappa shape index (κ3) is 3.67. The van der Waals surface area contributed by atoms with Crippen LogP contribution < -0.4 is 0 Å². The molecule has 1 fully saturated rings. The number of thiazole rings is 1. The summed E-state index contributed by atoms with van der Waals surface area (Å²) in [6.45, 7) is 4.35. The fourth-order valence-corrected chi connectivity index (χ4v) is 3.23. The molecule has 0 radical (unpaired) electrons. The van der Waals surface area contributed by atoms with Gasteiger partial charge >= 0.3 is 5.97 Å². The molecule has 0 amide bonds. The van der Waals surface area contributed by atoms with E-state index in [9.17, 15) is 4.79 Å². The SMILES string of the molecule is O=C(/C=C/c1c(Cl)nc2sccn12)OCCN1CCOCC1. The predicted molar refractivity (Wildman–Crippen MR) is 85.3 cm³/mol. The molecule has 0 spiro atoms. The van der Waals surface area contributed by atoms with Gasteiger partial charge < -0.3 is 9.47 Å². The maximum atomic E-state index is 11.7. The van der Waals surface area contributed by atoms with Crippen molar-refractivity contribution in [1.82, 2.24) is 14.3 Å². The highest BCUT2D eigenvalue weighted by atomic mass is 35.5. The van der Waals surface area contributed by atoms with Crippen molar-refractivity contribution in [2.45, 2.75) is 0 Å². The molecule has 2 aromatic heterocycles. The Bertz CT molecular complexity index is 676. The zero-order chi connectivity index (χ0) is 15.4. The first-order chi connectivity index (χ1) is 10.7. The van der Waals surface area contributed by atoms with Gasteiger partial charge in [0.2, 0.25) is 0 Å². The molecule has 6 nitrogen and oxygen atoms in total. The molecule has 0 unspecified atom stereocenters. The summed E-state index contributed by atoms with van der Waals surface area (Å²) in [5.74, 6) is -0.380. The first-order valence-electron chi connectivity index (χ1n) is 7.00. The molecule has 118 valence electrons. The van der Waals surface area contributed by atoms with E-state index < -0.39 is 0 Å². The van der Waals surface area contributed by atoms with Gasteiger partial charge in [-0.05, 0) is 6.08 Å². The number of halogens is 1. The molecule has 1 saturated heterocycles. The summed E-state index contributed by atoms with van der Waals surface area (Å²) in [4.78, 5) is 19.0. The molecule has 0 atom stereocenters. The fraction of sp³-hybridized carbons (Fsp3) is 0.429. The van der Waals surface area contributed by atoms with Crippen molar-refractivity contribution >= 4 is 39.9 Å². The second kappa shape index (κ2) is 7.23. The number of hydrogen-bond donors (Lipinski definition) is 0. The highest BCUT2D eigenvalue weighted by Gasteiger charge is 2.11. The van der Waals surface area contributed by atoms with Crippen LogP contribution in [-0.2, 0) is 14.3 Å². The molecule has 0 saturated carbocycles. The lowest BCUT2D eigenvalue weighted by Crippen LogP contribution is -2.38. The number of aromatic nitrogens is 2. The Morgan fingerprint density at radius 3 is 3.14 bits per heavy atom. The Hall–Kier alpha value is -1.41. The molecule has 1 aliphatic rings. The third-order valence-corrected chi connectivity index (χ3v) is 4.42. The van der Waals surface area contributed by atoms with Crippen LogP contribution in [0.5, 0.6) is 0 Å². The van der Waals surface area contributed by atoms with Crippen LogP contribution in [0.15, 0.2) is 17.7 Å². The van der Waals surface area contributed by atoms with Crippen LogP contribution in [-0.4, -0.2) is 59.7 Å². The fourth-order valence-electron chi connectivity index (χ4n) is 2.22. The summed E-state index contributed by atoms with van der Waals surface area (Å²) in [5.41, 5.74) is 0.683. The van der Waals surface area contributed by atoms with Crippen LogP contribution in [0.25, 0.3) is 11.0 Å². The molecule has 0 bridgehead atoms. The van der Waals surface area contributed by atoms with E-state index in [1.807, 2.05) is 16.0 Å². The standard InChI is InChI=1S/C14H16ClN3O3S/c15-13-11(18-6-10-22-14(18)16-13)1-2-12(19)21-9-5-17-3-7-20-8-4-17/h1-2,6,10H,3-5,7-9H2/b2-1+. The highest BCUT2D eigenvalue weighted by Crippen LogP contribution is 2.22. The van der Waals surface area contributed by atoms with Crippen LogP contribution in [0, 0.1) is 0 Å². The molecular weight excluding hydrogens is 326 g/mol. The Morgan fingerprint density at radius 1 is 1.50 bits per heavy atom. The number of carbonyl (C=O) groups is 1. The maximum absolute atomic E-state index is 11.7. The van der Waals surface area contributed by atoms with Crippen molar-refractivity contribution in [3.05, 3.63) is 28.5 Å². The molecule has 1 aliphatic heterocycles. The molecule has 2 aromatic rings. The van der Waals surface area contributed by atoms with Crippen molar-refractivity contribution in [2.75, 3.05) is 39.5 Å². The second-order valence-corrected chi connectivity index (χ2v) is 6.03. The maximum Gasteiger partial charge on any atom is 0.330 e. The molecule has 0 aliphatic carbocycles. The molecule has 22 heavy (non-hydrogen) atoms. The smallest absolute Gasteiger partial charge is 0.330 e. The Kier molecular flexibility index (Phi) is 5.09. The van der Waals surface area contributed by atoms with Gasteiger partial charge in [-0.2, -0.15) is 0 Å². The van der Waals surface area contributed by atoms with Crippen molar-refractivity contribution < 1.29 is 14.3 Å². The van der Waals surface area contributed by atoms with Gasteiger partial charge in [0, 0.05) is 37.3 Å². The summed E-state index contributed by atoms with van der Waals surface area (Å²) < 4.78 is 12.3. The van der Waals surface area contributed by atoms with Crippen molar-refractivity contribution in [1.29, 1.82) is 0 Å². The number of morpholine rings is 1. The number of fused-ring (bicyclic) bond motifs is 1. The van der Waals surface area contributed by atoms with Crippen LogP contribution >= 0.6 is 22.9 Å². The van der Waals surface area contributed by atoms with E-state index in [0.717, 1.165) is 37.8 Å². The Labute approximate surface area is 136 Å². The van der Waals surface area contributed by atoms with Crippen LogP contribution in [0.1, 0.15) is 5.69 Å². The van der Waals surface area contributed by atoms with Crippen LogP contribution in [0.4, 0.5) is 0 Å². The van der Waals surface area contributed by atoms with E-state index >= 15 is 0 Å². The van der Waals surface area contributed by atoms with Crippen molar-refractivity contribution in [3.8, 4) is 0 Å². The summed E-state index contributed by atoms with van der Waals surface area (Å²) in [7, 11) is 0. The average Bonchev–Trinajstić information content (AvgIpc) is 3.07. The van der Waals surface area contributed by atoms with Gasteiger partial charge in [-0.15, -0.1) is 11.3 Å². The molecule has 3 rings (SSSR count). The average molecular weight is 342 g/mol. The number of ether oxygens (including phenoxy) is 2. The lowest BCUT2D eigenvalue weighted by Gasteiger charge is -2.25.